The Bertz CT molecular complexity index is 280. The zero-order valence-electron chi connectivity index (χ0n) is 10.9. The number of carbonyl (C=O) groups is 2. The highest BCUT2D eigenvalue weighted by molar-refractivity contribution is 7.98. The van der Waals surface area contributed by atoms with E-state index in [4.69, 9.17) is 5.11 Å². The Labute approximate surface area is 112 Å². The van der Waals surface area contributed by atoms with Crippen LogP contribution < -0.4 is 5.32 Å². The molecule has 1 aliphatic rings. The number of rotatable bonds is 8. The number of carbonyl (C=O) groups excluding carboxylic acids is 1. The fourth-order valence-corrected chi connectivity index (χ4v) is 2.50. The number of likely N-dealkylation sites (tertiary alicyclic amines) is 1. The molecule has 0 bridgehead atoms. The molecule has 1 heterocycles. The minimum atomic E-state index is -0.946. The highest BCUT2D eigenvalue weighted by Gasteiger charge is 2.20. The van der Waals surface area contributed by atoms with Gasteiger partial charge >= 0.3 is 5.97 Å². The lowest BCUT2D eigenvalue weighted by atomic mass is 10.2. The van der Waals surface area contributed by atoms with Crippen molar-refractivity contribution < 1.29 is 14.7 Å². The number of thioether (sulfide) groups is 1. The maximum absolute atomic E-state index is 11.7. The molecule has 0 aromatic rings. The quantitative estimate of drug-likeness (QED) is 0.685. The smallest absolute Gasteiger partial charge is 0.326 e. The lowest BCUT2D eigenvalue weighted by Crippen LogP contribution is -2.42. The van der Waals surface area contributed by atoms with Crippen molar-refractivity contribution in [1.82, 2.24) is 10.2 Å². The van der Waals surface area contributed by atoms with Crippen molar-refractivity contribution in [3.63, 3.8) is 0 Å². The molecule has 0 aliphatic carbocycles. The van der Waals surface area contributed by atoms with E-state index in [1.165, 1.54) is 12.8 Å². The first kappa shape index (κ1) is 15.3. The summed E-state index contributed by atoms with van der Waals surface area (Å²) in [6.45, 7) is 2.85. The SMILES string of the molecule is CSCCC(NC(=O)CCN1CCCC1)C(=O)O. The number of nitrogens with one attached hydrogen (secondary N) is 1. The maximum atomic E-state index is 11.7. The van der Waals surface area contributed by atoms with E-state index >= 15 is 0 Å². The zero-order chi connectivity index (χ0) is 13.4. The minimum Gasteiger partial charge on any atom is -0.480 e. The maximum Gasteiger partial charge on any atom is 0.326 e. The first-order valence-electron chi connectivity index (χ1n) is 6.37. The second-order valence-corrected chi connectivity index (χ2v) is 5.52. The van der Waals surface area contributed by atoms with Crippen molar-refractivity contribution in [2.24, 2.45) is 0 Å². The van der Waals surface area contributed by atoms with Crippen LogP contribution in [0.5, 0.6) is 0 Å². The highest BCUT2D eigenvalue weighted by Crippen LogP contribution is 2.07. The molecule has 1 unspecified atom stereocenters. The third kappa shape index (κ3) is 5.73. The highest BCUT2D eigenvalue weighted by atomic mass is 32.2. The largest absolute Gasteiger partial charge is 0.480 e. The van der Waals surface area contributed by atoms with Gasteiger partial charge in [-0.2, -0.15) is 11.8 Å². The number of aliphatic carboxylic acids is 1. The molecular formula is C12H22N2O3S. The molecule has 1 fully saturated rings. The summed E-state index contributed by atoms with van der Waals surface area (Å²) < 4.78 is 0. The van der Waals surface area contributed by atoms with Gasteiger partial charge in [-0.05, 0) is 44.4 Å². The van der Waals surface area contributed by atoms with Crippen LogP contribution in [-0.4, -0.2) is 59.6 Å². The summed E-state index contributed by atoms with van der Waals surface area (Å²) in [5, 5.41) is 11.6. The van der Waals surface area contributed by atoms with Crippen molar-refractivity contribution in [3.05, 3.63) is 0 Å². The molecular weight excluding hydrogens is 252 g/mol. The van der Waals surface area contributed by atoms with Crippen LogP contribution in [0.4, 0.5) is 0 Å². The molecule has 1 amide bonds. The molecule has 18 heavy (non-hydrogen) atoms. The van der Waals surface area contributed by atoms with E-state index < -0.39 is 12.0 Å². The normalized spacial score (nSPS) is 17.6. The van der Waals surface area contributed by atoms with Gasteiger partial charge in [0.1, 0.15) is 6.04 Å². The summed E-state index contributed by atoms with van der Waals surface area (Å²) in [5.41, 5.74) is 0. The molecule has 0 radical (unpaired) electrons. The average molecular weight is 274 g/mol. The van der Waals surface area contributed by atoms with Crippen LogP contribution >= 0.6 is 11.8 Å². The Morgan fingerprint density at radius 2 is 2.06 bits per heavy atom. The van der Waals surface area contributed by atoms with E-state index in [1.54, 1.807) is 11.8 Å². The van der Waals surface area contributed by atoms with Gasteiger partial charge in [-0.25, -0.2) is 4.79 Å². The Morgan fingerprint density at radius 1 is 1.39 bits per heavy atom. The Hall–Kier alpha value is -0.750. The summed E-state index contributed by atoms with van der Waals surface area (Å²) >= 11 is 1.59. The molecule has 1 atom stereocenters. The first-order valence-corrected chi connectivity index (χ1v) is 7.76. The molecule has 1 saturated heterocycles. The average Bonchev–Trinajstić information content (AvgIpc) is 2.84. The van der Waals surface area contributed by atoms with E-state index in [1.807, 2.05) is 6.26 Å². The monoisotopic (exact) mass is 274 g/mol. The van der Waals surface area contributed by atoms with Gasteiger partial charge in [0.2, 0.25) is 5.91 Å². The lowest BCUT2D eigenvalue weighted by Gasteiger charge is -2.16. The Morgan fingerprint density at radius 3 is 2.61 bits per heavy atom. The van der Waals surface area contributed by atoms with E-state index in [2.05, 4.69) is 10.2 Å². The van der Waals surface area contributed by atoms with E-state index in [-0.39, 0.29) is 5.91 Å². The summed E-state index contributed by atoms with van der Waals surface area (Å²) in [4.78, 5) is 24.9. The van der Waals surface area contributed by atoms with Crippen LogP contribution in [-0.2, 0) is 9.59 Å². The van der Waals surface area contributed by atoms with Crippen LogP contribution in [0.3, 0.4) is 0 Å². The molecule has 5 nitrogen and oxygen atoms in total. The number of hydrogen-bond donors (Lipinski definition) is 2. The fourth-order valence-electron chi connectivity index (χ4n) is 2.03. The molecule has 0 spiro atoms. The van der Waals surface area contributed by atoms with Gasteiger partial charge in [0.25, 0.3) is 0 Å². The van der Waals surface area contributed by atoms with Gasteiger partial charge in [-0.15, -0.1) is 0 Å². The predicted molar refractivity (Wildman–Crippen MR) is 72.9 cm³/mol. The van der Waals surface area contributed by atoms with Crippen LogP contribution in [0.15, 0.2) is 0 Å². The van der Waals surface area contributed by atoms with Crippen molar-refractivity contribution in [3.8, 4) is 0 Å². The van der Waals surface area contributed by atoms with Gasteiger partial charge < -0.3 is 15.3 Å². The molecule has 0 aromatic heterocycles. The van der Waals surface area contributed by atoms with Gasteiger partial charge in [0.15, 0.2) is 0 Å². The van der Waals surface area contributed by atoms with Gasteiger partial charge in [0, 0.05) is 13.0 Å². The van der Waals surface area contributed by atoms with Crippen molar-refractivity contribution in [2.75, 3.05) is 31.6 Å². The topological polar surface area (TPSA) is 69.6 Å². The van der Waals surface area contributed by atoms with Crippen LogP contribution in [0.25, 0.3) is 0 Å². The molecule has 1 aliphatic heterocycles. The zero-order valence-corrected chi connectivity index (χ0v) is 11.7. The summed E-state index contributed by atoms with van der Waals surface area (Å²) in [5.74, 6) is -0.363. The number of carboxylic acid groups (broad SMARTS) is 1. The number of carboxylic acids is 1. The van der Waals surface area contributed by atoms with Crippen molar-refractivity contribution in [1.29, 1.82) is 0 Å². The van der Waals surface area contributed by atoms with Gasteiger partial charge in [0.05, 0.1) is 0 Å². The van der Waals surface area contributed by atoms with Crippen LogP contribution in [0.2, 0.25) is 0 Å². The lowest BCUT2D eigenvalue weighted by molar-refractivity contribution is -0.141. The Balaban J connectivity index is 2.24. The number of hydrogen-bond acceptors (Lipinski definition) is 4. The summed E-state index contributed by atoms with van der Waals surface area (Å²) in [7, 11) is 0. The van der Waals surface area contributed by atoms with E-state index in [9.17, 15) is 9.59 Å². The molecule has 1 rings (SSSR count). The van der Waals surface area contributed by atoms with Gasteiger partial charge in [-0.3, -0.25) is 4.79 Å². The fraction of sp³-hybridized carbons (Fsp3) is 0.833. The van der Waals surface area contributed by atoms with E-state index in [0.29, 0.717) is 12.8 Å². The summed E-state index contributed by atoms with van der Waals surface area (Å²) in [6, 6.07) is -0.747. The summed E-state index contributed by atoms with van der Waals surface area (Å²) in [6.07, 6.45) is 5.20. The van der Waals surface area contributed by atoms with Crippen LogP contribution in [0.1, 0.15) is 25.7 Å². The Kier molecular flexibility index (Phi) is 7.12. The third-order valence-electron chi connectivity index (χ3n) is 3.10. The molecule has 6 heteroatoms. The third-order valence-corrected chi connectivity index (χ3v) is 3.74. The second-order valence-electron chi connectivity index (χ2n) is 4.54. The first-order chi connectivity index (χ1) is 8.63. The standard InChI is InChI=1S/C12H22N2O3S/c1-18-9-5-10(12(16)17)13-11(15)4-8-14-6-2-3-7-14/h10H,2-9H2,1H3,(H,13,15)(H,16,17). The number of amides is 1. The minimum absolute atomic E-state index is 0.157. The molecule has 2 N–H and O–H groups in total. The number of nitrogens with zero attached hydrogens (tertiary/aromatic N) is 1. The molecule has 0 aromatic carbocycles. The van der Waals surface area contributed by atoms with Gasteiger partial charge in [-0.1, -0.05) is 0 Å². The second kappa shape index (κ2) is 8.37. The van der Waals surface area contributed by atoms with Crippen molar-refractivity contribution >= 4 is 23.6 Å². The van der Waals surface area contributed by atoms with Crippen LogP contribution in [0, 0.1) is 0 Å². The molecule has 104 valence electrons. The van der Waals surface area contributed by atoms with E-state index in [0.717, 1.165) is 25.4 Å². The van der Waals surface area contributed by atoms with Crippen molar-refractivity contribution in [2.45, 2.75) is 31.7 Å². The predicted octanol–water partition coefficient (Wildman–Crippen LogP) is 0.795. The molecule has 0 saturated carbocycles.